The van der Waals surface area contributed by atoms with Crippen molar-refractivity contribution < 1.29 is 14.4 Å². The number of alkyl halides is 2. The Bertz CT molecular complexity index is 105. The van der Waals surface area contributed by atoms with Crippen LogP contribution in [-0.4, -0.2) is 21.9 Å². The highest BCUT2D eigenvalue weighted by atomic mass is 35.5. The molecule has 0 aromatic rings. The van der Waals surface area contributed by atoms with Gasteiger partial charge in [-0.2, -0.15) is 0 Å². The minimum Gasteiger partial charge on any atom is -0.315 e. The second kappa shape index (κ2) is 2.23. The molecule has 0 aromatic carbocycles. The SMILES string of the molecule is O=[N+]([O-])C(O)(Cl)CF. The fourth-order valence-corrected chi connectivity index (χ4v) is 0.0488. The molecule has 0 aliphatic rings. The predicted molar refractivity (Wildman–Crippen MR) is 23.8 cm³/mol. The number of hydrogen-bond acceptors (Lipinski definition) is 3. The summed E-state index contributed by atoms with van der Waals surface area (Å²) in [6.07, 6.45) is 0. The Balaban J connectivity index is 3.91. The number of nitro groups is 1. The van der Waals surface area contributed by atoms with E-state index in [1.165, 1.54) is 0 Å². The third kappa shape index (κ3) is 1.59. The number of rotatable bonds is 2. The normalized spacial score (nSPS) is 17.4. The van der Waals surface area contributed by atoms with E-state index in [9.17, 15) is 14.5 Å². The molecule has 1 unspecified atom stereocenters. The summed E-state index contributed by atoms with van der Waals surface area (Å²) >= 11 is 4.54. The van der Waals surface area contributed by atoms with E-state index in [4.69, 9.17) is 5.11 Å². The summed E-state index contributed by atoms with van der Waals surface area (Å²) in [7, 11) is 0. The quantitative estimate of drug-likeness (QED) is 0.196. The first kappa shape index (κ1) is 7.58. The van der Waals surface area contributed by atoms with Crippen molar-refractivity contribution in [2.24, 2.45) is 0 Å². The first-order valence-corrected chi connectivity index (χ1v) is 2.00. The standard InChI is InChI=1S/C2H3ClFNO3/c3-2(6,1-4)5(7)8/h6H,1H2. The fraction of sp³-hybridized carbons (Fsp3) is 1.00. The van der Waals surface area contributed by atoms with Crippen molar-refractivity contribution in [3.05, 3.63) is 10.1 Å². The summed E-state index contributed by atoms with van der Waals surface area (Å²) < 4.78 is 11.2. The molecule has 0 rings (SSSR count). The zero-order valence-electron chi connectivity index (χ0n) is 3.67. The average molecular weight is 144 g/mol. The molecule has 0 aliphatic heterocycles. The van der Waals surface area contributed by atoms with Crippen molar-refractivity contribution in [3.8, 4) is 0 Å². The molecule has 0 amide bonds. The van der Waals surface area contributed by atoms with Gasteiger partial charge in [0.05, 0.1) is 4.92 Å². The third-order valence-electron chi connectivity index (χ3n) is 0.450. The Hall–Kier alpha value is -0.420. The molecule has 0 radical (unpaired) electrons. The van der Waals surface area contributed by atoms with Crippen LogP contribution in [0.4, 0.5) is 4.39 Å². The first-order valence-electron chi connectivity index (χ1n) is 1.62. The highest BCUT2D eigenvalue weighted by Gasteiger charge is 2.37. The van der Waals surface area contributed by atoms with Crippen LogP contribution in [0.25, 0.3) is 0 Å². The zero-order valence-corrected chi connectivity index (χ0v) is 4.43. The van der Waals surface area contributed by atoms with Gasteiger partial charge in [-0.15, -0.1) is 0 Å². The number of aliphatic hydroxyl groups is 1. The van der Waals surface area contributed by atoms with E-state index >= 15 is 0 Å². The highest BCUT2D eigenvalue weighted by molar-refractivity contribution is 6.21. The van der Waals surface area contributed by atoms with Crippen molar-refractivity contribution in [1.29, 1.82) is 0 Å². The van der Waals surface area contributed by atoms with Gasteiger partial charge in [0.1, 0.15) is 0 Å². The largest absolute Gasteiger partial charge is 0.430 e. The van der Waals surface area contributed by atoms with Gasteiger partial charge in [0, 0.05) is 0 Å². The molecule has 0 bridgehead atoms. The van der Waals surface area contributed by atoms with Gasteiger partial charge >= 0.3 is 5.18 Å². The van der Waals surface area contributed by atoms with Crippen LogP contribution in [0.1, 0.15) is 0 Å². The molecule has 0 saturated carbocycles. The van der Waals surface area contributed by atoms with Crippen LogP contribution in [0, 0.1) is 10.1 Å². The van der Waals surface area contributed by atoms with Crippen LogP contribution in [0.3, 0.4) is 0 Å². The molecular weight excluding hydrogens is 140 g/mol. The van der Waals surface area contributed by atoms with Gasteiger partial charge in [-0.25, -0.2) is 4.39 Å². The Morgan fingerprint density at radius 1 is 2.00 bits per heavy atom. The molecule has 0 saturated heterocycles. The maximum atomic E-state index is 11.2. The van der Waals surface area contributed by atoms with Crippen LogP contribution < -0.4 is 0 Å². The van der Waals surface area contributed by atoms with Crippen molar-refractivity contribution in [2.75, 3.05) is 6.67 Å². The van der Waals surface area contributed by atoms with Gasteiger partial charge in [0.25, 0.3) is 0 Å². The molecule has 1 atom stereocenters. The summed E-state index contributed by atoms with van der Waals surface area (Å²) in [6.45, 7) is -1.60. The second-order valence-electron chi connectivity index (χ2n) is 1.11. The zero-order chi connectivity index (χ0) is 6.78. The van der Waals surface area contributed by atoms with Crippen molar-refractivity contribution in [3.63, 3.8) is 0 Å². The lowest BCUT2D eigenvalue weighted by Gasteiger charge is -2.03. The summed E-state index contributed by atoms with van der Waals surface area (Å²) in [4.78, 5) is 8.12. The summed E-state index contributed by atoms with van der Waals surface area (Å²) in [5.74, 6) is 0. The van der Waals surface area contributed by atoms with Crippen molar-refractivity contribution in [2.45, 2.75) is 5.18 Å². The summed E-state index contributed by atoms with van der Waals surface area (Å²) in [6, 6.07) is 0. The highest BCUT2D eigenvalue weighted by Crippen LogP contribution is 2.10. The molecule has 1 N–H and O–H groups in total. The average Bonchev–Trinajstić information content (AvgIpc) is 1.67. The summed E-state index contributed by atoms with van der Waals surface area (Å²) in [5, 5.41) is 14.6. The Morgan fingerprint density at radius 2 is 2.38 bits per heavy atom. The van der Waals surface area contributed by atoms with E-state index in [0.29, 0.717) is 0 Å². The van der Waals surface area contributed by atoms with E-state index in [1.54, 1.807) is 0 Å². The van der Waals surface area contributed by atoms with Gasteiger partial charge in [0.2, 0.25) is 6.67 Å². The molecule has 0 heterocycles. The van der Waals surface area contributed by atoms with E-state index in [-0.39, 0.29) is 0 Å². The fourth-order valence-electron chi connectivity index (χ4n) is 0.0488. The van der Waals surface area contributed by atoms with Gasteiger partial charge in [0.15, 0.2) is 0 Å². The molecule has 48 valence electrons. The van der Waals surface area contributed by atoms with Crippen LogP contribution in [0.5, 0.6) is 0 Å². The van der Waals surface area contributed by atoms with Gasteiger partial charge in [-0.05, 0) is 11.6 Å². The minimum atomic E-state index is -2.93. The second-order valence-corrected chi connectivity index (χ2v) is 1.71. The van der Waals surface area contributed by atoms with Crippen LogP contribution >= 0.6 is 11.6 Å². The van der Waals surface area contributed by atoms with E-state index < -0.39 is 16.8 Å². The van der Waals surface area contributed by atoms with Gasteiger partial charge < -0.3 is 5.11 Å². The van der Waals surface area contributed by atoms with Crippen LogP contribution in [0.15, 0.2) is 0 Å². The molecule has 4 nitrogen and oxygen atoms in total. The number of halogens is 2. The van der Waals surface area contributed by atoms with Gasteiger partial charge in [-0.3, -0.25) is 10.1 Å². The van der Waals surface area contributed by atoms with Crippen LogP contribution in [0.2, 0.25) is 0 Å². The van der Waals surface area contributed by atoms with Crippen molar-refractivity contribution >= 4 is 11.6 Å². The lowest BCUT2D eigenvalue weighted by molar-refractivity contribution is -0.593. The monoisotopic (exact) mass is 143 g/mol. The maximum Gasteiger partial charge on any atom is 0.430 e. The molecule has 6 heteroatoms. The third-order valence-corrected chi connectivity index (χ3v) is 0.689. The molecule has 0 aliphatic carbocycles. The molecule has 0 spiro atoms. The topological polar surface area (TPSA) is 63.4 Å². The Kier molecular flexibility index (Phi) is 2.12. The van der Waals surface area contributed by atoms with E-state index in [2.05, 4.69) is 11.6 Å². The predicted octanol–water partition coefficient (Wildman–Crippen LogP) is 0.117. The molecule has 0 fully saturated rings. The Morgan fingerprint density at radius 3 is 2.38 bits per heavy atom. The number of hydrogen-bond donors (Lipinski definition) is 1. The molecule has 8 heavy (non-hydrogen) atoms. The maximum absolute atomic E-state index is 11.2. The smallest absolute Gasteiger partial charge is 0.315 e. The molecular formula is C2H3ClFNO3. The van der Waals surface area contributed by atoms with E-state index in [0.717, 1.165) is 0 Å². The first-order chi connectivity index (χ1) is 3.50. The van der Waals surface area contributed by atoms with Gasteiger partial charge in [-0.1, -0.05) is 0 Å². The lowest BCUT2D eigenvalue weighted by Crippen LogP contribution is -2.33. The molecule has 0 aromatic heterocycles. The van der Waals surface area contributed by atoms with E-state index in [1.807, 2.05) is 0 Å². The van der Waals surface area contributed by atoms with Crippen molar-refractivity contribution in [1.82, 2.24) is 0 Å². The lowest BCUT2D eigenvalue weighted by atomic mass is 10.7. The minimum absolute atomic E-state index is 1.31. The summed E-state index contributed by atoms with van der Waals surface area (Å²) in [5.41, 5.74) is 0. The number of nitrogens with zero attached hydrogens (tertiary/aromatic N) is 1. The van der Waals surface area contributed by atoms with Crippen LogP contribution in [-0.2, 0) is 0 Å². The Labute approximate surface area is 49.0 Å².